The van der Waals surface area contributed by atoms with Gasteiger partial charge in [0.05, 0.1) is 18.7 Å². The Bertz CT molecular complexity index is 1050. The van der Waals surface area contributed by atoms with Gasteiger partial charge >= 0.3 is 0 Å². The molecule has 0 aliphatic carbocycles. The Hall–Kier alpha value is -2.92. The Kier molecular flexibility index (Phi) is 5.49. The van der Waals surface area contributed by atoms with E-state index in [9.17, 15) is 9.18 Å². The first-order chi connectivity index (χ1) is 14.0. The molecule has 0 saturated heterocycles. The van der Waals surface area contributed by atoms with E-state index in [0.29, 0.717) is 13.0 Å². The van der Waals surface area contributed by atoms with Gasteiger partial charge in [-0.05, 0) is 54.4 Å². The molecule has 2 heterocycles. The Morgan fingerprint density at radius 1 is 1.28 bits per heavy atom. The van der Waals surface area contributed by atoms with E-state index in [2.05, 4.69) is 16.4 Å². The molecule has 6 heteroatoms. The molecule has 1 N–H and O–H groups in total. The lowest BCUT2D eigenvalue weighted by Crippen LogP contribution is -2.35. The number of rotatable bonds is 5. The van der Waals surface area contributed by atoms with Crippen LogP contribution >= 0.6 is 11.6 Å². The highest BCUT2D eigenvalue weighted by Crippen LogP contribution is 2.33. The van der Waals surface area contributed by atoms with Crippen LogP contribution in [-0.4, -0.2) is 23.5 Å². The minimum atomic E-state index is -0.477. The lowest BCUT2D eigenvalue weighted by molar-refractivity contribution is -0.120. The second-order valence-corrected chi connectivity index (χ2v) is 7.52. The molecule has 0 bridgehead atoms. The van der Waals surface area contributed by atoms with E-state index >= 15 is 0 Å². The molecule has 4 rings (SSSR count). The fourth-order valence-electron chi connectivity index (χ4n) is 3.52. The van der Waals surface area contributed by atoms with Crippen molar-refractivity contribution >= 4 is 17.5 Å². The van der Waals surface area contributed by atoms with E-state index in [-0.39, 0.29) is 29.0 Å². The zero-order valence-corrected chi connectivity index (χ0v) is 16.7. The quantitative estimate of drug-likeness (QED) is 0.673. The molecule has 0 unspecified atom stereocenters. The van der Waals surface area contributed by atoms with E-state index in [1.165, 1.54) is 12.1 Å². The van der Waals surface area contributed by atoms with E-state index in [4.69, 9.17) is 16.3 Å². The van der Waals surface area contributed by atoms with Crippen molar-refractivity contribution in [3.63, 3.8) is 0 Å². The van der Waals surface area contributed by atoms with Crippen LogP contribution in [0.1, 0.15) is 16.7 Å². The van der Waals surface area contributed by atoms with E-state index < -0.39 is 5.82 Å². The number of nitrogens with zero attached hydrogens (tertiary/aromatic N) is 1. The van der Waals surface area contributed by atoms with Crippen LogP contribution in [0.25, 0.3) is 11.3 Å². The number of amides is 1. The van der Waals surface area contributed by atoms with Gasteiger partial charge in [0.1, 0.15) is 17.7 Å². The number of carbonyl (C=O) groups is 1. The number of ether oxygens (including phenoxy) is 1. The van der Waals surface area contributed by atoms with Crippen LogP contribution in [0.15, 0.2) is 54.7 Å². The van der Waals surface area contributed by atoms with Crippen molar-refractivity contribution in [2.45, 2.75) is 25.9 Å². The number of hydrogen-bond donors (Lipinski definition) is 1. The predicted octanol–water partition coefficient (Wildman–Crippen LogP) is 4.51. The average Bonchev–Trinajstić information content (AvgIpc) is 3.12. The summed E-state index contributed by atoms with van der Waals surface area (Å²) in [6.07, 6.45) is 2.21. The van der Waals surface area contributed by atoms with Gasteiger partial charge in [0.15, 0.2) is 0 Å². The van der Waals surface area contributed by atoms with Gasteiger partial charge in [0.25, 0.3) is 0 Å². The Labute approximate surface area is 173 Å². The standard InChI is InChI=1S/C23H20ClFN2O2/c1-14-4-3-9-26-23(14)15-7-8-21-16(10-15)11-17(29-21)13-27-22(28)12-18-19(24)5-2-6-20(18)25/h2-10,17H,11-13H2,1H3,(H,27,28)/t17-/m0/s1. The minimum absolute atomic E-state index is 0.103. The lowest BCUT2D eigenvalue weighted by atomic mass is 10.0. The second-order valence-electron chi connectivity index (χ2n) is 7.12. The van der Waals surface area contributed by atoms with Crippen LogP contribution in [0, 0.1) is 12.7 Å². The van der Waals surface area contributed by atoms with Gasteiger partial charge in [0.2, 0.25) is 5.91 Å². The van der Waals surface area contributed by atoms with Gasteiger partial charge in [-0.3, -0.25) is 9.78 Å². The Morgan fingerprint density at radius 3 is 2.93 bits per heavy atom. The SMILES string of the molecule is Cc1cccnc1-c1ccc2c(c1)C[C@@H](CNC(=O)Cc1c(F)cccc1Cl)O2. The van der Waals surface area contributed by atoms with Crippen LogP contribution in [0.4, 0.5) is 4.39 Å². The maximum absolute atomic E-state index is 13.8. The summed E-state index contributed by atoms with van der Waals surface area (Å²) in [5.41, 5.74) is 4.40. The second kappa shape index (κ2) is 8.21. The monoisotopic (exact) mass is 410 g/mol. The minimum Gasteiger partial charge on any atom is -0.488 e. The first-order valence-corrected chi connectivity index (χ1v) is 9.80. The van der Waals surface area contributed by atoms with Crippen molar-refractivity contribution in [3.05, 3.63) is 82.3 Å². The lowest BCUT2D eigenvalue weighted by Gasteiger charge is -2.12. The Morgan fingerprint density at radius 2 is 2.14 bits per heavy atom. The van der Waals surface area contributed by atoms with Crippen molar-refractivity contribution < 1.29 is 13.9 Å². The molecule has 1 aliphatic heterocycles. The van der Waals surface area contributed by atoms with E-state index in [1.54, 1.807) is 12.3 Å². The summed E-state index contributed by atoms with van der Waals surface area (Å²) >= 11 is 5.99. The number of nitrogens with one attached hydrogen (secondary N) is 1. The van der Waals surface area contributed by atoms with Gasteiger partial charge in [-0.15, -0.1) is 0 Å². The van der Waals surface area contributed by atoms with Gasteiger partial charge < -0.3 is 10.1 Å². The smallest absolute Gasteiger partial charge is 0.224 e. The molecule has 0 fully saturated rings. The molecule has 3 aromatic rings. The normalized spacial score (nSPS) is 14.9. The highest BCUT2D eigenvalue weighted by molar-refractivity contribution is 6.31. The highest BCUT2D eigenvalue weighted by atomic mass is 35.5. The first kappa shape index (κ1) is 19.4. The molecule has 1 aliphatic rings. The molecule has 0 spiro atoms. The molecule has 1 aromatic heterocycles. The topological polar surface area (TPSA) is 51.2 Å². The van der Waals surface area contributed by atoms with E-state index in [0.717, 1.165) is 28.1 Å². The highest BCUT2D eigenvalue weighted by Gasteiger charge is 2.24. The van der Waals surface area contributed by atoms with Gasteiger partial charge in [0, 0.05) is 28.8 Å². The molecule has 1 amide bonds. The predicted molar refractivity (Wildman–Crippen MR) is 111 cm³/mol. The number of carbonyl (C=O) groups excluding carboxylic acids is 1. The van der Waals surface area contributed by atoms with Gasteiger partial charge in [-0.2, -0.15) is 0 Å². The number of halogens is 2. The van der Waals surface area contributed by atoms with Crippen LogP contribution in [0.3, 0.4) is 0 Å². The molecule has 29 heavy (non-hydrogen) atoms. The molecule has 2 aromatic carbocycles. The zero-order valence-electron chi connectivity index (χ0n) is 15.9. The third kappa shape index (κ3) is 4.25. The van der Waals surface area contributed by atoms with Crippen LogP contribution in [0.2, 0.25) is 5.02 Å². The van der Waals surface area contributed by atoms with Crippen LogP contribution < -0.4 is 10.1 Å². The summed E-state index contributed by atoms with van der Waals surface area (Å²) in [6, 6.07) is 14.4. The molecule has 148 valence electrons. The molecular formula is C23H20ClFN2O2. The molecular weight excluding hydrogens is 391 g/mol. The largest absolute Gasteiger partial charge is 0.488 e. The number of hydrogen-bond acceptors (Lipinski definition) is 3. The Balaban J connectivity index is 1.38. The van der Waals surface area contributed by atoms with Crippen molar-refractivity contribution in [1.82, 2.24) is 10.3 Å². The van der Waals surface area contributed by atoms with Crippen molar-refractivity contribution in [1.29, 1.82) is 0 Å². The summed E-state index contributed by atoms with van der Waals surface area (Å²) in [5.74, 6) is 0.0506. The summed E-state index contributed by atoms with van der Waals surface area (Å²) < 4.78 is 19.8. The fraction of sp³-hybridized carbons (Fsp3) is 0.217. The maximum atomic E-state index is 13.8. The average molecular weight is 411 g/mol. The summed E-state index contributed by atoms with van der Waals surface area (Å²) in [6.45, 7) is 2.38. The number of fused-ring (bicyclic) bond motifs is 1. The summed E-state index contributed by atoms with van der Waals surface area (Å²) in [5, 5.41) is 3.07. The third-order valence-electron chi connectivity index (χ3n) is 5.01. The number of benzene rings is 2. The van der Waals surface area contributed by atoms with Crippen LogP contribution in [-0.2, 0) is 17.6 Å². The molecule has 4 nitrogen and oxygen atoms in total. The first-order valence-electron chi connectivity index (χ1n) is 9.42. The third-order valence-corrected chi connectivity index (χ3v) is 5.36. The maximum Gasteiger partial charge on any atom is 0.224 e. The summed E-state index contributed by atoms with van der Waals surface area (Å²) in [7, 11) is 0. The molecule has 0 radical (unpaired) electrons. The van der Waals surface area contributed by atoms with Crippen LogP contribution in [0.5, 0.6) is 5.75 Å². The van der Waals surface area contributed by atoms with Crippen molar-refractivity contribution in [2.75, 3.05) is 6.54 Å². The zero-order chi connectivity index (χ0) is 20.4. The van der Waals surface area contributed by atoms with Gasteiger partial charge in [-0.1, -0.05) is 23.7 Å². The molecule has 0 saturated carbocycles. The number of pyridine rings is 1. The number of aromatic nitrogens is 1. The van der Waals surface area contributed by atoms with E-state index in [1.807, 2.05) is 31.2 Å². The van der Waals surface area contributed by atoms with Gasteiger partial charge in [-0.25, -0.2) is 4.39 Å². The number of aryl methyl sites for hydroxylation is 1. The fourth-order valence-corrected chi connectivity index (χ4v) is 3.75. The van der Waals surface area contributed by atoms with Crippen molar-refractivity contribution in [3.8, 4) is 17.0 Å². The summed E-state index contributed by atoms with van der Waals surface area (Å²) in [4.78, 5) is 16.7. The van der Waals surface area contributed by atoms with Crippen molar-refractivity contribution in [2.24, 2.45) is 0 Å². The molecule has 1 atom stereocenters.